The summed E-state index contributed by atoms with van der Waals surface area (Å²) in [7, 11) is 0. The number of rotatable bonds is 4. The summed E-state index contributed by atoms with van der Waals surface area (Å²) in [5.41, 5.74) is 0.741. The van der Waals surface area contributed by atoms with E-state index >= 15 is 0 Å². The Balaban J connectivity index is 2.06. The van der Waals surface area contributed by atoms with Crippen LogP contribution in [-0.2, 0) is 0 Å². The van der Waals surface area contributed by atoms with E-state index in [0.717, 1.165) is 11.8 Å². The van der Waals surface area contributed by atoms with Crippen molar-refractivity contribution in [2.75, 3.05) is 0 Å². The zero-order valence-corrected chi connectivity index (χ0v) is 9.39. The summed E-state index contributed by atoms with van der Waals surface area (Å²) >= 11 is 0. The van der Waals surface area contributed by atoms with E-state index in [1.165, 1.54) is 6.08 Å². The average molecular weight is 242 g/mol. The number of nitrogens with zero attached hydrogens (tertiary/aromatic N) is 2. The summed E-state index contributed by atoms with van der Waals surface area (Å²) in [5.74, 6) is 1.30. The summed E-state index contributed by atoms with van der Waals surface area (Å²) in [5, 5.41) is 10.2. The van der Waals surface area contributed by atoms with Crippen LogP contribution in [-0.4, -0.2) is 9.91 Å². The van der Waals surface area contributed by atoms with Gasteiger partial charge in [-0.15, -0.1) is 0 Å². The van der Waals surface area contributed by atoms with Gasteiger partial charge in [-0.2, -0.15) is 0 Å². The molecule has 0 saturated carbocycles. The lowest BCUT2D eigenvalue weighted by molar-refractivity contribution is -0.400. The van der Waals surface area contributed by atoms with Crippen molar-refractivity contribution in [1.29, 1.82) is 0 Å². The van der Waals surface area contributed by atoms with Crippen LogP contribution in [0.15, 0.2) is 55.0 Å². The van der Waals surface area contributed by atoms with E-state index < -0.39 is 4.92 Å². The van der Waals surface area contributed by atoms with Crippen molar-refractivity contribution in [1.82, 2.24) is 4.98 Å². The Morgan fingerprint density at radius 1 is 1.17 bits per heavy atom. The van der Waals surface area contributed by atoms with E-state index in [0.29, 0.717) is 11.5 Å². The quantitative estimate of drug-likeness (QED) is 0.610. The molecule has 2 rings (SSSR count). The van der Waals surface area contributed by atoms with Gasteiger partial charge in [0.25, 0.3) is 0 Å². The summed E-state index contributed by atoms with van der Waals surface area (Å²) in [6.07, 6.45) is 5.60. The minimum absolute atomic E-state index is 0.500. The fraction of sp³-hybridized carbons (Fsp3) is 0. The predicted octanol–water partition coefficient (Wildman–Crippen LogP) is 3.12. The lowest BCUT2D eigenvalue weighted by Gasteiger charge is -2.04. The number of hydrogen-bond acceptors (Lipinski definition) is 4. The first-order valence-corrected chi connectivity index (χ1v) is 5.24. The monoisotopic (exact) mass is 242 g/mol. The Labute approximate surface area is 104 Å². The van der Waals surface area contributed by atoms with Crippen molar-refractivity contribution in [3.05, 3.63) is 70.7 Å². The van der Waals surface area contributed by atoms with E-state index in [2.05, 4.69) is 4.98 Å². The number of benzene rings is 1. The van der Waals surface area contributed by atoms with Gasteiger partial charge in [-0.3, -0.25) is 15.1 Å². The number of pyridine rings is 1. The van der Waals surface area contributed by atoms with E-state index in [1.807, 2.05) is 0 Å². The maximum absolute atomic E-state index is 10.2. The van der Waals surface area contributed by atoms with Crippen LogP contribution in [0.2, 0.25) is 0 Å². The number of nitro groups is 1. The molecule has 5 heteroatoms. The number of aromatic nitrogens is 1. The molecule has 0 aliphatic rings. The molecule has 0 N–H and O–H groups in total. The largest absolute Gasteiger partial charge is 0.456 e. The molecule has 18 heavy (non-hydrogen) atoms. The molecule has 1 heterocycles. The Bertz CT molecular complexity index is 550. The molecule has 1 aromatic heterocycles. The van der Waals surface area contributed by atoms with Gasteiger partial charge in [-0.25, -0.2) is 0 Å². The van der Waals surface area contributed by atoms with Crippen LogP contribution in [0.25, 0.3) is 6.08 Å². The number of hydrogen-bond donors (Lipinski definition) is 0. The van der Waals surface area contributed by atoms with Crippen LogP contribution in [0.1, 0.15) is 5.56 Å². The Morgan fingerprint density at radius 2 is 1.94 bits per heavy atom. The van der Waals surface area contributed by atoms with Crippen LogP contribution in [0.5, 0.6) is 11.5 Å². The van der Waals surface area contributed by atoms with E-state index in [-0.39, 0.29) is 0 Å². The maximum Gasteiger partial charge on any atom is 0.235 e. The van der Waals surface area contributed by atoms with Gasteiger partial charge in [0.15, 0.2) is 0 Å². The molecular weight excluding hydrogens is 232 g/mol. The van der Waals surface area contributed by atoms with Crippen molar-refractivity contribution in [3.63, 3.8) is 0 Å². The molecule has 0 atom stereocenters. The first kappa shape index (κ1) is 11.8. The summed E-state index contributed by atoms with van der Waals surface area (Å²) in [6, 6.07) is 10.5. The topological polar surface area (TPSA) is 65.3 Å². The van der Waals surface area contributed by atoms with Crippen molar-refractivity contribution in [2.45, 2.75) is 0 Å². The Hall–Kier alpha value is -2.69. The van der Waals surface area contributed by atoms with Gasteiger partial charge in [0.05, 0.1) is 11.1 Å². The van der Waals surface area contributed by atoms with Gasteiger partial charge in [0, 0.05) is 12.3 Å². The minimum atomic E-state index is -0.500. The van der Waals surface area contributed by atoms with Crippen molar-refractivity contribution < 1.29 is 9.66 Å². The zero-order chi connectivity index (χ0) is 12.8. The van der Waals surface area contributed by atoms with Crippen LogP contribution >= 0.6 is 0 Å². The average Bonchev–Trinajstić information content (AvgIpc) is 2.39. The smallest absolute Gasteiger partial charge is 0.235 e. The van der Waals surface area contributed by atoms with Crippen LogP contribution < -0.4 is 4.74 Å². The molecule has 0 bridgehead atoms. The predicted molar refractivity (Wildman–Crippen MR) is 66.8 cm³/mol. The standard InChI is InChI=1S/C13H10N2O3/c16-15(17)9-7-11-3-5-12(6-4-11)18-13-2-1-8-14-10-13/h1-10H. The molecule has 2 aromatic rings. The van der Waals surface area contributed by atoms with Crippen LogP contribution in [0.4, 0.5) is 0 Å². The lowest BCUT2D eigenvalue weighted by Crippen LogP contribution is -1.85. The molecule has 0 fully saturated rings. The SMILES string of the molecule is O=[N+]([O-])C=Cc1ccc(Oc2cccnc2)cc1. The fourth-order valence-electron chi connectivity index (χ4n) is 1.34. The molecular formula is C13H10N2O3. The highest BCUT2D eigenvalue weighted by molar-refractivity contribution is 5.49. The first-order valence-electron chi connectivity index (χ1n) is 5.24. The summed E-state index contributed by atoms with van der Waals surface area (Å²) < 4.78 is 5.54. The highest BCUT2D eigenvalue weighted by Crippen LogP contribution is 2.20. The van der Waals surface area contributed by atoms with E-state index in [4.69, 9.17) is 4.74 Å². The lowest BCUT2D eigenvalue weighted by atomic mass is 10.2. The van der Waals surface area contributed by atoms with E-state index in [9.17, 15) is 10.1 Å². The van der Waals surface area contributed by atoms with Gasteiger partial charge in [-0.05, 0) is 29.8 Å². The second kappa shape index (κ2) is 5.58. The molecule has 0 radical (unpaired) electrons. The normalized spacial score (nSPS) is 10.4. The summed E-state index contributed by atoms with van der Waals surface area (Å²) in [6.45, 7) is 0. The van der Waals surface area contributed by atoms with Crippen molar-refractivity contribution >= 4 is 6.08 Å². The minimum Gasteiger partial charge on any atom is -0.456 e. The summed E-state index contributed by atoms with van der Waals surface area (Å²) in [4.78, 5) is 13.6. The third kappa shape index (κ3) is 3.41. The van der Waals surface area contributed by atoms with E-state index in [1.54, 1.807) is 48.8 Å². The Kier molecular flexibility index (Phi) is 3.66. The molecule has 0 aliphatic heterocycles. The highest BCUT2D eigenvalue weighted by Gasteiger charge is 1.97. The molecule has 1 aromatic carbocycles. The highest BCUT2D eigenvalue weighted by atomic mass is 16.6. The molecule has 0 saturated heterocycles. The number of ether oxygens (including phenoxy) is 1. The third-order valence-electron chi connectivity index (χ3n) is 2.14. The van der Waals surface area contributed by atoms with Crippen molar-refractivity contribution in [3.8, 4) is 11.5 Å². The van der Waals surface area contributed by atoms with Gasteiger partial charge < -0.3 is 4.74 Å². The molecule has 0 unspecified atom stereocenters. The third-order valence-corrected chi connectivity index (χ3v) is 2.14. The van der Waals surface area contributed by atoms with Crippen LogP contribution in [0, 0.1) is 10.1 Å². The first-order chi connectivity index (χ1) is 8.74. The van der Waals surface area contributed by atoms with Crippen LogP contribution in [0.3, 0.4) is 0 Å². The fourth-order valence-corrected chi connectivity index (χ4v) is 1.34. The van der Waals surface area contributed by atoms with Gasteiger partial charge >= 0.3 is 0 Å². The van der Waals surface area contributed by atoms with Gasteiger partial charge in [-0.1, -0.05) is 12.1 Å². The van der Waals surface area contributed by atoms with Gasteiger partial charge in [0.1, 0.15) is 11.5 Å². The molecule has 90 valence electrons. The zero-order valence-electron chi connectivity index (χ0n) is 9.39. The maximum atomic E-state index is 10.2. The van der Waals surface area contributed by atoms with Crippen molar-refractivity contribution in [2.24, 2.45) is 0 Å². The Morgan fingerprint density at radius 3 is 2.56 bits per heavy atom. The molecule has 5 nitrogen and oxygen atoms in total. The molecule has 0 spiro atoms. The van der Waals surface area contributed by atoms with Gasteiger partial charge in [0.2, 0.25) is 6.20 Å². The molecule has 0 amide bonds. The second-order valence-corrected chi connectivity index (χ2v) is 3.46. The second-order valence-electron chi connectivity index (χ2n) is 3.46. The molecule has 0 aliphatic carbocycles.